The third-order valence-electron chi connectivity index (χ3n) is 8.30. The predicted octanol–water partition coefficient (Wildman–Crippen LogP) is 5.87. The van der Waals surface area contributed by atoms with Crippen LogP contribution in [0.25, 0.3) is 4.98 Å². The third-order valence-corrected chi connectivity index (χ3v) is 8.30. The predicted molar refractivity (Wildman–Crippen MR) is 187 cm³/mol. The van der Waals surface area contributed by atoms with E-state index in [-0.39, 0.29) is 0 Å². The van der Waals surface area contributed by atoms with E-state index in [2.05, 4.69) is 131 Å². The number of hydrogen-bond donors (Lipinski definition) is 0. The van der Waals surface area contributed by atoms with Crippen LogP contribution >= 0.6 is 0 Å². The van der Waals surface area contributed by atoms with Gasteiger partial charge in [-0.1, -0.05) is 121 Å². The Morgan fingerprint density at radius 2 is 1.02 bits per heavy atom. The van der Waals surface area contributed by atoms with E-state index in [9.17, 15) is 0 Å². The molecule has 0 aliphatic carbocycles. The van der Waals surface area contributed by atoms with Crippen LogP contribution in [0.1, 0.15) is 13.8 Å². The molecule has 45 heavy (non-hydrogen) atoms. The first-order valence-corrected chi connectivity index (χ1v) is 15.7. The molecule has 1 fully saturated rings. The van der Waals surface area contributed by atoms with E-state index in [1.54, 1.807) is 6.07 Å². The quantitative estimate of drug-likeness (QED) is 0.157. The number of rotatable bonds is 9. The van der Waals surface area contributed by atoms with Gasteiger partial charge in [-0.3, -0.25) is 0 Å². The molecule has 1 saturated heterocycles. The summed E-state index contributed by atoms with van der Waals surface area (Å²) in [7, 11) is 0. The first-order valence-electron chi connectivity index (χ1n) is 15.7. The van der Waals surface area contributed by atoms with Crippen LogP contribution in [-0.4, -0.2) is 45.7 Å². The molecule has 0 unspecified atom stereocenters. The molecule has 0 spiro atoms. The SMILES string of the molecule is CCOc1cc(N2CCOCC2)c(OCC)cc1[N+]#N.c1ccc([B-](c2ccccc2)(c2ccccc2)c2ccccc2)cc1. The highest BCUT2D eigenvalue weighted by Crippen LogP contribution is 2.40. The van der Waals surface area contributed by atoms with Gasteiger partial charge in [-0.25, -0.2) is 0 Å². The van der Waals surface area contributed by atoms with E-state index in [1.165, 1.54) is 21.9 Å². The van der Waals surface area contributed by atoms with Crippen molar-refractivity contribution in [2.45, 2.75) is 13.8 Å². The summed E-state index contributed by atoms with van der Waals surface area (Å²) >= 11 is 0. The Hall–Kier alpha value is -5.06. The molecule has 0 amide bonds. The van der Waals surface area contributed by atoms with Crippen molar-refractivity contribution in [3.05, 3.63) is 138 Å². The second-order valence-corrected chi connectivity index (χ2v) is 10.9. The maximum absolute atomic E-state index is 9.09. The summed E-state index contributed by atoms with van der Waals surface area (Å²) in [5.74, 6) is 1.26. The van der Waals surface area contributed by atoms with Gasteiger partial charge in [-0.15, -0.1) is 0 Å². The van der Waals surface area contributed by atoms with Crippen molar-refractivity contribution < 1.29 is 14.2 Å². The van der Waals surface area contributed by atoms with Crippen LogP contribution in [0.15, 0.2) is 133 Å². The van der Waals surface area contributed by atoms with Crippen LogP contribution in [0.2, 0.25) is 0 Å². The molecule has 0 atom stereocenters. The Morgan fingerprint density at radius 1 is 0.622 bits per heavy atom. The first kappa shape index (κ1) is 31.4. The van der Waals surface area contributed by atoms with Crippen LogP contribution < -0.4 is 36.2 Å². The Morgan fingerprint density at radius 3 is 1.40 bits per heavy atom. The maximum atomic E-state index is 9.09. The number of nitrogens with zero attached hydrogens (tertiary/aromatic N) is 3. The van der Waals surface area contributed by atoms with Crippen LogP contribution in [0.4, 0.5) is 11.4 Å². The molecule has 6 rings (SSSR count). The third kappa shape index (κ3) is 7.03. The Labute approximate surface area is 266 Å². The Balaban J connectivity index is 0.000000183. The summed E-state index contributed by atoms with van der Waals surface area (Å²) in [4.78, 5) is 5.46. The van der Waals surface area contributed by atoms with Crippen molar-refractivity contribution in [2.75, 3.05) is 44.4 Å². The normalized spacial score (nSPS) is 12.8. The molecule has 5 aromatic carbocycles. The smallest absolute Gasteiger partial charge is 0.430 e. The van der Waals surface area contributed by atoms with Crippen molar-refractivity contribution in [2.24, 2.45) is 0 Å². The molecule has 6 nitrogen and oxygen atoms in total. The highest BCUT2D eigenvalue weighted by atomic mass is 16.5. The molecule has 1 aliphatic heterocycles. The Bertz CT molecular complexity index is 1490. The molecular weight excluding hydrogens is 557 g/mol. The molecule has 0 radical (unpaired) electrons. The van der Waals surface area contributed by atoms with Crippen LogP contribution in [0.3, 0.4) is 0 Å². The standard InChI is InChI=1S/C24H20B.C14H20N3O3/c1-5-13-21(14-6-1)25(22-15-7-2-8-16-22,23-17-9-3-10-18-23)24-19-11-4-12-20-24;1-3-19-13-10-12(17-5-7-18-8-6-17)14(20-4-2)9-11(13)16-15/h1-20H;9-10H,3-8H2,1-2H3/q-1;+1. The van der Waals surface area contributed by atoms with Gasteiger partial charge in [-0.05, 0) is 13.8 Å². The minimum absolute atomic E-state index is 0.382. The van der Waals surface area contributed by atoms with Gasteiger partial charge < -0.3 is 19.1 Å². The molecule has 0 bridgehead atoms. The van der Waals surface area contributed by atoms with E-state index >= 15 is 0 Å². The number of anilines is 1. The average Bonchev–Trinajstić information content (AvgIpc) is 3.12. The zero-order valence-corrected chi connectivity index (χ0v) is 26.1. The molecule has 0 N–H and O–H groups in total. The topological polar surface area (TPSA) is 59.1 Å². The molecule has 228 valence electrons. The number of hydrogen-bond acceptors (Lipinski definition) is 5. The van der Waals surface area contributed by atoms with Gasteiger partial charge in [0.25, 0.3) is 0 Å². The summed E-state index contributed by atoms with van der Waals surface area (Å²) in [6.07, 6.45) is -1.22. The van der Waals surface area contributed by atoms with Gasteiger partial charge in [0.1, 0.15) is 6.15 Å². The molecule has 1 aliphatic rings. The second kappa shape index (κ2) is 15.6. The lowest BCUT2D eigenvalue weighted by Crippen LogP contribution is -2.74. The lowest BCUT2D eigenvalue weighted by molar-refractivity contribution is 0.122. The van der Waals surface area contributed by atoms with Gasteiger partial charge in [0, 0.05) is 19.2 Å². The van der Waals surface area contributed by atoms with E-state index in [0.717, 1.165) is 18.8 Å². The summed E-state index contributed by atoms with van der Waals surface area (Å²) in [6.45, 7) is 7.89. The average molecular weight is 598 g/mol. The van der Waals surface area contributed by atoms with Crippen LogP contribution in [0, 0.1) is 5.39 Å². The highest BCUT2D eigenvalue weighted by Gasteiger charge is 2.31. The fourth-order valence-corrected chi connectivity index (χ4v) is 6.33. The summed E-state index contributed by atoms with van der Waals surface area (Å²) in [5, 5.41) is 9.09. The van der Waals surface area contributed by atoms with E-state index in [1.807, 2.05) is 19.9 Å². The van der Waals surface area contributed by atoms with E-state index < -0.39 is 6.15 Å². The van der Waals surface area contributed by atoms with Gasteiger partial charge in [0.15, 0.2) is 10.7 Å². The summed E-state index contributed by atoms with van der Waals surface area (Å²) < 4.78 is 16.6. The number of diazo groups is 1. The van der Waals surface area contributed by atoms with Crippen molar-refractivity contribution in [1.29, 1.82) is 5.39 Å². The molecule has 0 saturated carbocycles. The fraction of sp³-hybridized carbons (Fsp3) is 0.211. The van der Waals surface area contributed by atoms with E-state index in [4.69, 9.17) is 19.6 Å². The van der Waals surface area contributed by atoms with E-state index in [0.29, 0.717) is 43.6 Å². The van der Waals surface area contributed by atoms with Gasteiger partial charge >= 0.3 is 5.69 Å². The molecule has 0 aromatic heterocycles. The maximum Gasteiger partial charge on any atom is 0.430 e. The van der Waals surface area contributed by atoms with Gasteiger partial charge in [0.2, 0.25) is 11.1 Å². The lowest BCUT2D eigenvalue weighted by atomic mass is 9.13. The largest absolute Gasteiger partial charge is 0.491 e. The monoisotopic (exact) mass is 597 g/mol. The minimum Gasteiger partial charge on any atom is -0.491 e. The fourth-order valence-electron chi connectivity index (χ4n) is 6.33. The first-order chi connectivity index (χ1) is 22.2. The second-order valence-electron chi connectivity index (χ2n) is 10.9. The van der Waals surface area contributed by atoms with Gasteiger partial charge in [0.05, 0.1) is 38.2 Å². The van der Waals surface area contributed by atoms with Crippen molar-refractivity contribution in [3.8, 4) is 11.5 Å². The van der Waals surface area contributed by atoms with Crippen LogP contribution in [-0.2, 0) is 4.74 Å². The van der Waals surface area contributed by atoms with Crippen molar-refractivity contribution in [3.63, 3.8) is 0 Å². The minimum atomic E-state index is -1.22. The molecule has 7 heteroatoms. The molecule has 1 heterocycles. The molecular formula is C38H40BN3O3. The number of morpholine rings is 1. The van der Waals surface area contributed by atoms with Crippen molar-refractivity contribution >= 4 is 39.4 Å². The zero-order chi connectivity index (χ0) is 31.3. The number of benzene rings is 5. The highest BCUT2D eigenvalue weighted by molar-refractivity contribution is 7.19. The number of ether oxygens (including phenoxy) is 3. The zero-order valence-electron chi connectivity index (χ0n) is 26.1. The van der Waals surface area contributed by atoms with Crippen LogP contribution in [0.5, 0.6) is 11.5 Å². The Kier molecular flexibility index (Phi) is 10.9. The van der Waals surface area contributed by atoms with Gasteiger partial charge in [-0.2, -0.15) is 21.9 Å². The lowest BCUT2D eigenvalue weighted by Gasteiger charge is -2.44. The van der Waals surface area contributed by atoms with Crippen molar-refractivity contribution in [1.82, 2.24) is 0 Å². The summed E-state index contributed by atoms with van der Waals surface area (Å²) in [6, 6.07) is 47.1. The molecule has 5 aromatic rings. The summed E-state index contributed by atoms with van der Waals surface area (Å²) in [5.41, 5.74) is 6.69.